The Morgan fingerprint density at radius 1 is 0.308 bits per heavy atom. The number of aromatic nitrogens is 3. The Balaban J connectivity index is 1.19. The fraction of sp³-hybridized carbons (Fsp3) is 0.128. The molecule has 0 radical (unpaired) electrons. The molecule has 254 valence electrons. The molecule has 0 saturated carbocycles. The van der Waals surface area contributed by atoms with Gasteiger partial charge in [0, 0.05) is 16.7 Å². The van der Waals surface area contributed by atoms with Gasteiger partial charge in [-0.1, -0.05) is 183 Å². The number of benzene rings is 7. The standard InChI is InChI=1S/C47H43N3Si2/c1-51(2,3)41-25-21-34(22-26-41)45-48-46(35-23-27-42(28-24-35)52(4,5)6)50-47(49-45)40-15-10-14-38(30-40)36-12-9-13-37(29-36)39-20-19-33-18-17-32-11-7-8-16-43(32)44(33)31-39/h7-31H,1-6H3. The van der Waals surface area contributed by atoms with Gasteiger partial charge in [0.25, 0.3) is 0 Å². The molecule has 0 bridgehead atoms. The van der Waals surface area contributed by atoms with Gasteiger partial charge in [-0.05, 0) is 62.0 Å². The van der Waals surface area contributed by atoms with Gasteiger partial charge in [-0.25, -0.2) is 15.0 Å². The summed E-state index contributed by atoms with van der Waals surface area (Å²) in [7, 11) is -2.89. The zero-order chi connectivity index (χ0) is 36.0. The summed E-state index contributed by atoms with van der Waals surface area (Å²) in [5.41, 5.74) is 7.61. The SMILES string of the molecule is C[Si](C)(C)c1ccc(-c2nc(-c3ccc([Si](C)(C)C)cc3)nc(-c3cccc(-c4cccc(-c5ccc6ccc7ccccc7c6c5)c4)c3)n2)cc1. The lowest BCUT2D eigenvalue weighted by Crippen LogP contribution is -2.37. The third kappa shape index (κ3) is 6.77. The van der Waals surface area contributed by atoms with E-state index in [9.17, 15) is 0 Å². The Labute approximate surface area is 309 Å². The number of hydrogen-bond acceptors (Lipinski definition) is 3. The largest absolute Gasteiger partial charge is 0.208 e. The first kappa shape index (κ1) is 33.6. The summed E-state index contributed by atoms with van der Waals surface area (Å²) in [6, 6.07) is 54.9. The molecule has 0 spiro atoms. The van der Waals surface area contributed by atoms with Crippen LogP contribution >= 0.6 is 0 Å². The molecule has 8 aromatic rings. The summed E-state index contributed by atoms with van der Waals surface area (Å²) in [6.45, 7) is 14.2. The van der Waals surface area contributed by atoms with E-state index >= 15 is 0 Å². The molecule has 0 aliphatic carbocycles. The lowest BCUT2D eigenvalue weighted by molar-refractivity contribution is 1.07. The third-order valence-corrected chi connectivity index (χ3v) is 14.2. The molecule has 0 saturated heterocycles. The first-order valence-corrected chi connectivity index (χ1v) is 25.1. The van der Waals surface area contributed by atoms with E-state index in [1.54, 1.807) is 0 Å². The highest BCUT2D eigenvalue weighted by Gasteiger charge is 2.19. The molecule has 0 atom stereocenters. The molecule has 0 amide bonds. The smallest absolute Gasteiger partial charge is 0.164 e. The van der Waals surface area contributed by atoms with Crippen molar-refractivity contribution in [1.29, 1.82) is 0 Å². The van der Waals surface area contributed by atoms with Gasteiger partial charge in [-0.15, -0.1) is 0 Å². The van der Waals surface area contributed by atoms with E-state index in [4.69, 9.17) is 15.0 Å². The van der Waals surface area contributed by atoms with Crippen LogP contribution in [0.3, 0.4) is 0 Å². The summed E-state index contributed by atoms with van der Waals surface area (Å²) in [4.78, 5) is 15.2. The van der Waals surface area contributed by atoms with Gasteiger partial charge in [0.2, 0.25) is 0 Å². The molecule has 0 fully saturated rings. The number of rotatable bonds is 7. The molecule has 8 rings (SSSR count). The van der Waals surface area contributed by atoms with Gasteiger partial charge >= 0.3 is 0 Å². The third-order valence-electron chi connectivity index (χ3n) is 10.1. The molecule has 0 unspecified atom stereocenters. The monoisotopic (exact) mass is 705 g/mol. The lowest BCUT2D eigenvalue weighted by atomic mass is 9.95. The molecular weight excluding hydrogens is 663 g/mol. The van der Waals surface area contributed by atoms with Gasteiger partial charge in [-0.3, -0.25) is 0 Å². The summed E-state index contributed by atoms with van der Waals surface area (Å²) in [5.74, 6) is 2.04. The molecule has 1 aromatic heterocycles. The number of nitrogens with zero attached hydrogens (tertiary/aromatic N) is 3. The lowest BCUT2D eigenvalue weighted by Gasteiger charge is -2.17. The second kappa shape index (κ2) is 13.2. The first-order chi connectivity index (χ1) is 25.0. The average molecular weight is 706 g/mol. The van der Waals surface area contributed by atoms with Crippen LogP contribution in [0.25, 0.3) is 78.0 Å². The maximum atomic E-state index is 5.10. The fourth-order valence-electron chi connectivity index (χ4n) is 6.90. The van der Waals surface area contributed by atoms with E-state index in [2.05, 4.69) is 191 Å². The molecule has 52 heavy (non-hydrogen) atoms. The Morgan fingerprint density at radius 2 is 0.692 bits per heavy atom. The maximum Gasteiger partial charge on any atom is 0.164 e. The molecule has 0 N–H and O–H groups in total. The Kier molecular flexibility index (Phi) is 8.56. The minimum Gasteiger partial charge on any atom is -0.208 e. The zero-order valence-electron chi connectivity index (χ0n) is 30.8. The maximum absolute atomic E-state index is 5.10. The van der Waals surface area contributed by atoms with Gasteiger partial charge in [0.15, 0.2) is 17.5 Å². The minimum atomic E-state index is -1.44. The van der Waals surface area contributed by atoms with Crippen LogP contribution in [-0.2, 0) is 0 Å². The van der Waals surface area contributed by atoms with Crippen LogP contribution in [0, 0.1) is 0 Å². The van der Waals surface area contributed by atoms with Gasteiger partial charge in [0.05, 0.1) is 16.1 Å². The van der Waals surface area contributed by atoms with Crippen molar-refractivity contribution < 1.29 is 0 Å². The number of fused-ring (bicyclic) bond motifs is 3. The molecule has 7 aromatic carbocycles. The van der Waals surface area contributed by atoms with Crippen molar-refractivity contribution in [1.82, 2.24) is 15.0 Å². The summed E-state index contributed by atoms with van der Waals surface area (Å²) in [6.07, 6.45) is 0. The average Bonchev–Trinajstić information content (AvgIpc) is 3.17. The van der Waals surface area contributed by atoms with E-state index in [1.807, 2.05) is 0 Å². The predicted octanol–water partition coefficient (Wildman–Crippen LogP) is 11.6. The van der Waals surface area contributed by atoms with Crippen LogP contribution in [-0.4, -0.2) is 31.1 Å². The Bertz CT molecular complexity index is 2500. The van der Waals surface area contributed by atoms with E-state index in [1.165, 1.54) is 43.0 Å². The summed E-state index contributed by atoms with van der Waals surface area (Å²) >= 11 is 0. The molecule has 0 aliphatic rings. The van der Waals surface area contributed by atoms with Gasteiger partial charge in [0.1, 0.15) is 0 Å². The van der Waals surface area contributed by atoms with Gasteiger partial charge in [-0.2, -0.15) is 0 Å². The van der Waals surface area contributed by atoms with Crippen molar-refractivity contribution in [3.8, 4) is 56.4 Å². The number of hydrogen-bond donors (Lipinski definition) is 0. The van der Waals surface area contributed by atoms with E-state index in [0.717, 1.165) is 27.8 Å². The highest BCUT2D eigenvalue weighted by atomic mass is 28.3. The van der Waals surface area contributed by atoms with E-state index in [0.29, 0.717) is 17.5 Å². The molecule has 1 heterocycles. The first-order valence-electron chi connectivity index (χ1n) is 18.1. The highest BCUT2D eigenvalue weighted by Crippen LogP contribution is 2.33. The van der Waals surface area contributed by atoms with Crippen LogP contribution in [0.15, 0.2) is 152 Å². The molecule has 0 aliphatic heterocycles. The normalized spacial score (nSPS) is 12.0. The van der Waals surface area contributed by atoms with Crippen LogP contribution in [0.5, 0.6) is 0 Å². The van der Waals surface area contributed by atoms with Crippen LogP contribution in [0.2, 0.25) is 39.3 Å². The quantitative estimate of drug-likeness (QED) is 0.122. The molecular formula is C47H43N3Si2. The summed E-state index contributed by atoms with van der Waals surface area (Å²) < 4.78 is 0. The van der Waals surface area contributed by atoms with Crippen LogP contribution < -0.4 is 10.4 Å². The topological polar surface area (TPSA) is 38.7 Å². The van der Waals surface area contributed by atoms with Crippen molar-refractivity contribution in [2.24, 2.45) is 0 Å². The van der Waals surface area contributed by atoms with Crippen molar-refractivity contribution in [3.05, 3.63) is 152 Å². The second-order valence-electron chi connectivity index (χ2n) is 15.8. The highest BCUT2D eigenvalue weighted by molar-refractivity contribution is 6.89. The van der Waals surface area contributed by atoms with Crippen LogP contribution in [0.4, 0.5) is 0 Å². The van der Waals surface area contributed by atoms with Crippen LogP contribution in [0.1, 0.15) is 0 Å². The van der Waals surface area contributed by atoms with E-state index in [-0.39, 0.29) is 0 Å². The van der Waals surface area contributed by atoms with Gasteiger partial charge < -0.3 is 0 Å². The van der Waals surface area contributed by atoms with E-state index < -0.39 is 16.1 Å². The van der Waals surface area contributed by atoms with Crippen molar-refractivity contribution in [3.63, 3.8) is 0 Å². The second-order valence-corrected chi connectivity index (χ2v) is 26.0. The van der Waals surface area contributed by atoms with Crippen molar-refractivity contribution in [2.75, 3.05) is 0 Å². The Hall–Kier alpha value is -5.50. The zero-order valence-corrected chi connectivity index (χ0v) is 32.8. The Morgan fingerprint density at radius 3 is 1.21 bits per heavy atom. The predicted molar refractivity (Wildman–Crippen MR) is 228 cm³/mol. The molecule has 5 heteroatoms. The fourth-order valence-corrected chi connectivity index (χ4v) is 9.23. The van der Waals surface area contributed by atoms with Crippen molar-refractivity contribution in [2.45, 2.75) is 39.3 Å². The van der Waals surface area contributed by atoms with Crippen molar-refractivity contribution >= 4 is 48.1 Å². The minimum absolute atomic E-state index is 0.669. The molecule has 3 nitrogen and oxygen atoms in total. The summed E-state index contributed by atoms with van der Waals surface area (Å²) in [5, 5.41) is 7.89.